The number of hydrogen-bond donors (Lipinski definition) is 0. The fourth-order valence-corrected chi connectivity index (χ4v) is 6.79. The number of nitrogens with zero attached hydrogens (tertiary/aromatic N) is 1. The van der Waals surface area contributed by atoms with Gasteiger partial charge >= 0.3 is 36.6 Å². The van der Waals surface area contributed by atoms with Crippen LogP contribution in [-0.4, -0.2) is 75.4 Å². The first-order chi connectivity index (χ1) is 27.6. The largest absolute Gasteiger partial charge is 0.575 e. The van der Waals surface area contributed by atoms with Gasteiger partial charge in [0.25, 0.3) is 0 Å². The van der Waals surface area contributed by atoms with Gasteiger partial charge in [0.05, 0.1) is 13.2 Å². The van der Waals surface area contributed by atoms with Gasteiger partial charge in [0.2, 0.25) is 0 Å². The number of alkyl halides is 6. The molecule has 15 heteroatoms. The van der Waals surface area contributed by atoms with Gasteiger partial charge in [0, 0.05) is 25.7 Å². The number of unbranched alkanes of at least 4 members (excludes halogenated alkanes) is 19. The van der Waals surface area contributed by atoms with Gasteiger partial charge in [-0.3, -0.25) is 19.2 Å². The van der Waals surface area contributed by atoms with Crippen molar-refractivity contribution in [2.45, 2.75) is 212 Å². The first-order valence-electron chi connectivity index (χ1n) is 22.1. The molecule has 0 unspecified atom stereocenters. The molecule has 0 spiro atoms. The minimum Gasteiger partial charge on any atom is -0.466 e. The second kappa shape index (κ2) is 36.3. The van der Waals surface area contributed by atoms with E-state index in [1.807, 2.05) is 0 Å². The summed E-state index contributed by atoms with van der Waals surface area (Å²) in [7, 11) is 4.22. The van der Waals surface area contributed by atoms with E-state index in [2.05, 4.69) is 28.5 Å². The molecule has 0 aromatic carbocycles. The number of carbonyl (C=O) groups is 4. The van der Waals surface area contributed by atoms with Crippen molar-refractivity contribution in [1.82, 2.24) is 4.90 Å². The van der Waals surface area contributed by atoms with Gasteiger partial charge in [-0.25, -0.2) is 0 Å². The Labute approximate surface area is 344 Å². The van der Waals surface area contributed by atoms with Crippen LogP contribution in [0.25, 0.3) is 0 Å². The standard InChI is InChI=1S/C43H75F6NO8/c1-50(2)34-24-23-29-37(27-17-9-7-13-19-30-38(51)55-35-25-15-5-3-11-21-32-40(53)57-42(44,45)46)28-18-10-8-14-20-31-39(52)56-36-26-16-6-4-12-22-33-41(54)58-43(47,48)49/h37H,3-36H2,1-2H3. The van der Waals surface area contributed by atoms with Crippen LogP contribution in [0, 0.1) is 5.92 Å². The van der Waals surface area contributed by atoms with Crippen molar-refractivity contribution in [3.05, 3.63) is 0 Å². The molecule has 0 amide bonds. The number of hydrogen-bond acceptors (Lipinski definition) is 9. The minimum absolute atomic E-state index is 0.168. The third-order valence-electron chi connectivity index (χ3n) is 9.99. The molecule has 0 N–H and O–H groups in total. The smallest absolute Gasteiger partial charge is 0.466 e. The van der Waals surface area contributed by atoms with E-state index < -0.39 is 24.7 Å². The van der Waals surface area contributed by atoms with E-state index >= 15 is 0 Å². The van der Waals surface area contributed by atoms with Crippen LogP contribution in [0.2, 0.25) is 0 Å². The molecular weight excluding hydrogens is 772 g/mol. The average Bonchev–Trinajstić information content (AvgIpc) is 3.12. The molecule has 0 aliphatic carbocycles. The number of rotatable bonds is 39. The zero-order chi connectivity index (χ0) is 43.3. The predicted octanol–water partition coefficient (Wildman–Crippen LogP) is 12.5. The highest BCUT2D eigenvalue weighted by Gasteiger charge is 2.34. The van der Waals surface area contributed by atoms with E-state index in [4.69, 9.17) is 9.47 Å². The maximum absolute atomic E-state index is 12.1. The molecule has 342 valence electrons. The Balaban J connectivity index is 3.87. The van der Waals surface area contributed by atoms with Gasteiger partial charge in [-0.15, -0.1) is 26.3 Å². The van der Waals surface area contributed by atoms with Crippen molar-refractivity contribution in [2.75, 3.05) is 33.9 Å². The van der Waals surface area contributed by atoms with E-state index in [0.717, 1.165) is 102 Å². The van der Waals surface area contributed by atoms with Gasteiger partial charge in [-0.05, 0) is 71.5 Å². The molecule has 0 aliphatic heterocycles. The number of esters is 4. The lowest BCUT2D eigenvalue weighted by Gasteiger charge is -2.18. The van der Waals surface area contributed by atoms with Gasteiger partial charge in [0.1, 0.15) is 0 Å². The Kier molecular flexibility index (Phi) is 34.7. The monoisotopic (exact) mass is 848 g/mol. The molecular formula is C43H75F6NO8. The lowest BCUT2D eigenvalue weighted by atomic mass is 9.90. The number of halogens is 6. The lowest BCUT2D eigenvalue weighted by molar-refractivity contribution is -0.307. The van der Waals surface area contributed by atoms with Crippen LogP contribution in [0.4, 0.5) is 26.3 Å². The van der Waals surface area contributed by atoms with E-state index in [9.17, 15) is 45.5 Å². The average molecular weight is 848 g/mol. The van der Waals surface area contributed by atoms with Crippen molar-refractivity contribution in [1.29, 1.82) is 0 Å². The summed E-state index contributed by atoms with van der Waals surface area (Å²) in [5.74, 6) is -2.10. The quantitative estimate of drug-likeness (QED) is 0.0258. The molecule has 0 heterocycles. The maximum atomic E-state index is 12.1. The summed E-state index contributed by atoms with van der Waals surface area (Å²) in [6.45, 7) is 1.86. The Morgan fingerprint density at radius 2 is 0.672 bits per heavy atom. The number of carbonyl (C=O) groups excluding carboxylic acids is 4. The molecule has 0 aliphatic rings. The second-order valence-corrected chi connectivity index (χ2v) is 15.8. The first-order valence-corrected chi connectivity index (χ1v) is 22.1. The van der Waals surface area contributed by atoms with Crippen LogP contribution in [-0.2, 0) is 38.1 Å². The zero-order valence-electron chi connectivity index (χ0n) is 35.6. The summed E-state index contributed by atoms with van der Waals surface area (Å²) >= 11 is 0. The van der Waals surface area contributed by atoms with Gasteiger partial charge in [0.15, 0.2) is 0 Å². The van der Waals surface area contributed by atoms with Crippen molar-refractivity contribution >= 4 is 23.9 Å². The van der Waals surface area contributed by atoms with E-state index in [1.165, 1.54) is 57.8 Å². The third-order valence-corrected chi connectivity index (χ3v) is 9.99. The van der Waals surface area contributed by atoms with Crippen molar-refractivity contribution in [3.63, 3.8) is 0 Å². The van der Waals surface area contributed by atoms with Crippen LogP contribution >= 0.6 is 0 Å². The highest BCUT2D eigenvalue weighted by molar-refractivity contribution is 5.70. The molecule has 0 aromatic rings. The van der Waals surface area contributed by atoms with Crippen LogP contribution < -0.4 is 0 Å². The molecule has 0 saturated heterocycles. The molecule has 0 fully saturated rings. The zero-order valence-corrected chi connectivity index (χ0v) is 35.6. The van der Waals surface area contributed by atoms with Gasteiger partial charge in [-0.1, -0.05) is 128 Å². The fraction of sp³-hybridized carbons (Fsp3) is 0.907. The van der Waals surface area contributed by atoms with Gasteiger partial charge in [-0.2, -0.15) is 0 Å². The Morgan fingerprint density at radius 3 is 1.00 bits per heavy atom. The van der Waals surface area contributed by atoms with E-state index in [-0.39, 0.29) is 24.8 Å². The Morgan fingerprint density at radius 1 is 0.397 bits per heavy atom. The van der Waals surface area contributed by atoms with Crippen molar-refractivity contribution < 1.29 is 64.5 Å². The molecule has 58 heavy (non-hydrogen) atoms. The third kappa shape index (κ3) is 43.0. The highest BCUT2D eigenvalue weighted by atomic mass is 19.4. The van der Waals surface area contributed by atoms with E-state index in [0.29, 0.717) is 51.7 Å². The SMILES string of the molecule is CN(C)CCCCC(CCCCCCCC(=O)OCCCCCCCCC(=O)OC(F)(F)F)CCCCCCCC(=O)OCCCCCCCCC(=O)OC(F)(F)F. The van der Waals surface area contributed by atoms with E-state index in [1.54, 1.807) is 0 Å². The summed E-state index contributed by atoms with van der Waals surface area (Å²) in [5.41, 5.74) is 0. The summed E-state index contributed by atoms with van der Waals surface area (Å²) in [6.07, 6.45) is 15.9. The molecule has 0 saturated carbocycles. The molecule has 0 aromatic heterocycles. The summed E-state index contributed by atoms with van der Waals surface area (Å²) in [6, 6.07) is 0. The molecule has 0 atom stereocenters. The lowest BCUT2D eigenvalue weighted by Crippen LogP contribution is -2.19. The van der Waals surface area contributed by atoms with Crippen LogP contribution in [0.3, 0.4) is 0 Å². The van der Waals surface area contributed by atoms with Gasteiger partial charge < -0.3 is 23.8 Å². The molecule has 0 rings (SSSR count). The van der Waals surface area contributed by atoms with Crippen molar-refractivity contribution in [3.8, 4) is 0 Å². The molecule has 0 radical (unpaired) electrons. The fourth-order valence-electron chi connectivity index (χ4n) is 6.79. The number of ether oxygens (including phenoxy) is 4. The second-order valence-electron chi connectivity index (χ2n) is 15.8. The topological polar surface area (TPSA) is 108 Å². The highest BCUT2D eigenvalue weighted by Crippen LogP contribution is 2.25. The minimum atomic E-state index is -4.92. The summed E-state index contributed by atoms with van der Waals surface area (Å²) < 4.78 is 89.1. The van der Waals surface area contributed by atoms with Crippen LogP contribution in [0.1, 0.15) is 199 Å². The summed E-state index contributed by atoms with van der Waals surface area (Å²) in [5, 5.41) is 0. The van der Waals surface area contributed by atoms with Crippen molar-refractivity contribution in [2.24, 2.45) is 5.92 Å². The van der Waals surface area contributed by atoms with Crippen LogP contribution in [0.5, 0.6) is 0 Å². The normalized spacial score (nSPS) is 12.0. The summed E-state index contributed by atoms with van der Waals surface area (Å²) in [4.78, 5) is 48.4. The Bertz CT molecular complexity index is 969. The molecule has 0 bridgehead atoms. The maximum Gasteiger partial charge on any atom is 0.575 e. The predicted molar refractivity (Wildman–Crippen MR) is 211 cm³/mol. The Hall–Kier alpha value is -2.58. The first kappa shape index (κ1) is 55.4. The molecule has 9 nitrogen and oxygen atoms in total. The van der Waals surface area contributed by atoms with Crippen LogP contribution in [0.15, 0.2) is 0 Å².